The summed E-state index contributed by atoms with van der Waals surface area (Å²) in [5, 5.41) is 16.8. The number of primary amides is 1. The molecule has 84 valence electrons. The maximum Gasteiger partial charge on any atom is 0.334 e. The van der Waals surface area contributed by atoms with Crippen molar-refractivity contribution in [2.75, 3.05) is 19.7 Å². The Labute approximate surface area is 81.3 Å². The molecule has 0 aromatic rings. The van der Waals surface area contributed by atoms with Gasteiger partial charge in [-0.05, 0) is 6.42 Å². The molecule has 4 N–H and O–H groups in total. The molecule has 0 radical (unpaired) electrons. The minimum absolute atomic E-state index is 0.0492. The molecule has 0 rings (SSSR count). The Morgan fingerprint density at radius 3 is 2.14 bits per heavy atom. The quantitative estimate of drug-likeness (QED) is 0.375. The first kappa shape index (κ1) is 13.5. The fourth-order valence-corrected chi connectivity index (χ4v) is 2.02. The van der Waals surface area contributed by atoms with Crippen molar-refractivity contribution in [3.8, 4) is 0 Å². The van der Waals surface area contributed by atoms with Gasteiger partial charge >= 0.3 is 7.60 Å². The summed E-state index contributed by atoms with van der Waals surface area (Å²) in [6, 6.07) is 0. The van der Waals surface area contributed by atoms with E-state index in [4.69, 9.17) is 15.9 Å². The van der Waals surface area contributed by atoms with Crippen molar-refractivity contribution < 1.29 is 28.6 Å². The lowest BCUT2D eigenvalue weighted by Crippen LogP contribution is -2.11. The third-order valence-corrected chi connectivity index (χ3v) is 3.25. The highest BCUT2D eigenvalue weighted by atomic mass is 31.2. The number of hydrogen-bond donors (Lipinski definition) is 3. The van der Waals surface area contributed by atoms with Crippen LogP contribution >= 0.6 is 7.60 Å². The Balaban J connectivity index is 3.96. The number of rotatable bonds is 8. The molecule has 0 aliphatic heterocycles. The summed E-state index contributed by atoms with van der Waals surface area (Å²) in [5.74, 6) is -0.524. The van der Waals surface area contributed by atoms with Crippen molar-refractivity contribution in [3.63, 3.8) is 0 Å². The Hall–Kier alpha value is -0.460. The van der Waals surface area contributed by atoms with E-state index in [0.717, 1.165) is 0 Å². The van der Waals surface area contributed by atoms with Crippen molar-refractivity contribution in [2.24, 2.45) is 5.73 Å². The van der Waals surface area contributed by atoms with Gasteiger partial charge in [0.15, 0.2) is 13.6 Å². The maximum absolute atomic E-state index is 11.5. The van der Waals surface area contributed by atoms with E-state index in [9.17, 15) is 9.36 Å². The van der Waals surface area contributed by atoms with Gasteiger partial charge < -0.3 is 15.9 Å². The Kier molecular flexibility index (Phi) is 6.69. The first-order chi connectivity index (χ1) is 6.54. The zero-order chi connectivity index (χ0) is 11.0. The summed E-state index contributed by atoms with van der Waals surface area (Å²) < 4.78 is 20.3. The van der Waals surface area contributed by atoms with Gasteiger partial charge in [0.25, 0.3) is 0 Å². The van der Waals surface area contributed by atoms with Gasteiger partial charge in [-0.25, -0.2) is 0 Å². The lowest BCUT2D eigenvalue weighted by atomic mass is 10.3. The molecule has 0 heterocycles. The first-order valence-corrected chi connectivity index (χ1v) is 5.65. The molecule has 0 unspecified atom stereocenters. The third-order valence-electron chi connectivity index (χ3n) is 1.36. The predicted molar refractivity (Wildman–Crippen MR) is 47.2 cm³/mol. The smallest absolute Gasteiger partial charge is 0.334 e. The Morgan fingerprint density at radius 2 is 1.79 bits per heavy atom. The van der Waals surface area contributed by atoms with Crippen LogP contribution < -0.4 is 5.73 Å². The van der Waals surface area contributed by atoms with Gasteiger partial charge in [-0.2, -0.15) is 0 Å². The van der Waals surface area contributed by atoms with Crippen LogP contribution in [-0.4, -0.2) is 35.9 Å². The number of carbonyl (C=O) groups excluding carboxylic acids is 1. The van der Waals surface area contributed by atoms with Gasteiger partial charge in [-0.3, -0.25) is 18.4 Å². The molecular formula is C6H14NO6P. The van der Waals surface area contributed by atoms with Gasteiger partial charge in [-0.1, -0.05) is 0 Å². The summed E-state index contributed by atoms with van der Waals surface area (Å²) in [6.45, 7) is -1.54. The highest BCUT2D eigenvalue weighted by Crippen LogP contribution is 2.48. The lowest BCUT2D eigenvalue weighted by Gasteiger charge is -2.14. The van der Waals surface area contributed by atoms with Crippen LogP contribution in [0.15, 0.2) is 0 Å². The molecule has 0 fully saturated rings. The molecule has 7 nitrogen and oxygen atoms in total. The number of aliphatic hydroxyl groups excluding tert-OH is 2. The highest BCUT2D eigenvalue weighted by molar-refractivity contribution is 7.53. The molecule has 1 amide bonds. The Bertz CT molecular complexity index is 210. The van der Waals surface area contributed by atoms with E-state index in [-0.39, 0.29) is 19.0 Å². The maximum atomic E-state index is 11.5. The summed E-state index contributed by atoms with van der Waals surface area (Å²) in [7, 11) is -3.48. The summed E-state index contributed by atoms with van der Waals surface area (Å²) in [5.41, 5.74) is 4.86. The van der Waals surface area contributed by atoms with E-state index in [1.54, 1.807) is 0 Å². The van der Waals surface area contributed by atoms with Gasteiger partial charge in [0.1, 0.15) is 0 Å². The van der Waals surface area contributed by atoms with Crippen LogP contribution in [-0.2, 0) is 18.4 Å². The number of amides is 1. The molecule has 0 aliphatic rings. The number of hydrogen-bond acceptors (Lipinski definition) is 6. The number of carbonyl (C=O) groups is 1. The van der Waals surface area contributed by atoms with Crippen molar-refractivity contribution in [1.82, 2.24) is 0 Å². The van der Waals surface area contributed by atoms with E-state index in [2.05, 4.69) is 9.05 Å². The molecular weight excluding hydrogens is 213 g/mol. The molecule has 14 heavy (non-hydrogen) atoms. The van der Waals surface area contributed by atoms with Gasteiger partial charge in [0.05, 0.1) is 6.16 Å². The molecule has 8 heteroatoms. The van der Waals surface area contributed by atoms with Crippen molar-refractivity contribution in [1.29, 1.82) is 0 Å². The van der Waals surface area contributed by atoms with Crippen LogP contribution in [0.25, 0.3) is 0 Å². The second kappa shape index (κ2) is 6.92. The second-order valence-corrected chi connectivity index (χ2v) is 4.61. The fourth-order valence-electron chi connectivity index (χ4n) is 0.789. The summed E-state index contributed by atoms with van der Waals surface area (Å²) in [6.07, 6.45) is 0.192. The third kappa shape index (κ3) is 6.06. The molecule has 0 aliphatic carbocycles. The van der Waals surface area contributed by atoms with Crippen LogP contribution in [0.3, 0.4) is 0 Å². The zero-order valence-corrected chi connectivity index (χ0v) is 8.48. The van der Waals surface area contributed by atoms with Crippen LogP contribution in [0.4, 0.5) is 0 Å². The minimum atomic E-state index is -3.48. The topological polar surface area (TPSA) is 119 Å². The van der Waals surface area contributed by atoms with Gasteiger partial charge in [0.2, 0.25) is 5.91 Å². The average Bonchev–Trinajstić information content (AvgIpc) is 2.03. The summed E-state index contributed by atoms with van der Waals surface area (Å²) >= 11 is 0. The van der Waals surface area contributed by atoms with E-state index in [1.807, 2.05) is 0 Å². The second-order valence-electron chi connectivity index (χ2n) is 2.42. The predicted octanol–water partition coefficient (Wildman–Crippen LogP) is -0.622. The highest BCUT2D eigenvalue weighted by Gasteiger charge is 2.23. The van der Waals surface area contributed by atoms with Crippen LogP contribution in [0.2, 0.25) is 0 Å². The normalized spacial score (nSPS) is 11.6. The molecule has 0 atom stereocenters. The molecule has 0 saturated carbocycles. The molecule has 0 saturated heterocycles. The summed E-state index contributed by atoms with van der Waals surface area (Å²) in [4.78, 5) is 10.4. The SMILES string of the molecule is NC(=O)CCCP(=O)(OCO)OCO. The minimum Gasteiger partial charge on any atom is -0.370 e. The van der Waals surface area contributed by atoms with E-state index in [0.29, 0.717) is 0 Å². The van der Waals surface area contributed by atoms with Gasteiger partial charge in [-0.15, -0.1) is 0 Å². The van der Waals surface area contributed by atoms with Crippen LogP contribution in [0.1, 0.15) is 12.8 Å². The van der Waals surface area contributed by atoms with E-state index >= 15 is 0 Å². The van der Waals surface area contributed by atoms with Gasteiger partial charge in [0, 0.05) is 6.42 Å². The van der Waals surface area contributed by atoms with Crippen molar-refractivity contribution in [3.05, 3.63) is 0 Å². The zero-order valence-electron chi connectivity index (χ0n) is 7.59. The molecule has 0 bridgehead atoms. The number of nitrogens with two attached hydrogens (primary N) is 1. The molecule has 0 spiro atoms. The fraction of sp³-hybridized carbons (Fsp3) is 0.833. The first-order valence-electron chi connectivity index (χ1n) is 3.92. The van der Waals surface area contributed by atoms with E-state index in [1.165, 1.54) is 0 Å². The lowest BCUT2D eigenvalue weighted by molar-refractivity contribution is -0.118. The van der Waals surface area contributed by atoms with E-state index < -0.39 is 27.1 Å². The Morgan fingerprint density at radius 1 is 1.29 bits per heavy atom. The average molecular weight is 227 g/mol. The monoisotopic (exact) mass is 227 g/mol. The number of aliphatic hydroxyl groups is 2. The molecule has 0 aromatic carbocycles. The van der Waals surface area contributed by atoms with Crippen molar-refractivity contribution in [2.45, 2.75) is 12.8 Å². The van der Waals surface area contributed by atoms with Crippen LogP contribution in [0.5, 0.6) is 0 Å². The van der Waals surface area contributed by atoms with Crippen LogP contribution in [0, 0.1) is 0 Å². The molecule has 0 aromatic heterocycles. The largest absolute Gasteiger partial charge is 0.370 e. The standard InChI is InChI=1S/C6H14NO6P/c7-6(10)2-1-3-14(11,12-4-8)13-5-9/h8-9H,1-5H2,(H2,7,10). The van der Waals surface area contributed by atoms with Crippen molar-refractivity contribution >= 4 is 13.5 Å².